The first kappa shape index (κ1) is 15.6. The lowest BCUT2D eigenvalue weighted by atomic mass is 10.1. The third kappa shape index (κ3) is 2.94. The maximum absolute atomic E-state index is 13.3. The summed E-state index contributed by atoms with van der Waals surface area (Å²) in [4.78, 5) is 12.5. The summed E-state index contributed by atoms with van der Waals surface area (Å²) in [6.07, 6.45) is 3.60. The Balaban J connectivity index is 1.90. The largest absolute Gasteiger partial charge is 0.335 e. The van der Waals surface area contributed by atoms with Crippen LogP contribution in [0.4, 0.5) is 4.39 Å². The molecule has 0 aliphatic rings. The van der Waals surface area contributed by atoms with Crippen LogP contribution in [0, 0.1) is 5.82 Å². The lowest BCUT2D eigenvalue weighted by molar-refractivity contribution is 0.628. The normalized spacial score (nSPS) is 11.0. The number of aryl methyl sites for hydroxylation is 1. The number of hydrogen-bond donors (Lipinski definition) is 1. The van der Waals surface area contributed by atoms with Crippen molar-refractivity contribution in [2.45, 2.75) is 0 Å². The standard InChI is InChI=1S/C19H14ClFN4/c1-25-11-10-22-19(25)17-16(12-4-8-15(21)9-5-12)23-18(24-17)13-2-6-14(20)7-3-13/h2-11H,1H3,(H,23,24). The van der Waals surface area contributed by atoms with Crippen molar-refractivity contribution in [3.8, 4) is 34.2 Å². The summed E-state index contributed by atoms with van der Waals surface area (Å²) >= 11 is 5.97. The minimum atomic E-state index is -0.282. The molecule has 2 heterocycles. The van der Waals surface area contributed by atoms with Crippen LogP contribution in [0.3, 0.4) is 0 Å². The third-order valence-corrected chi connectivity index (χ3v) is 4.24. The second kappa shape index (κ2) is 6.18. The lowest BCUT2D eigenvalue weighted by Crippen LogP contribution is -1.93. The summed E-state index contributed by atoms with van der Waals surface area (Å²) < 4.78 is 15.2. The molecule has 1 N–H and O–H groups in total. The third-order valence-electron chi connectivity index (χ3n) is 3.98. The lowest BCUT2D eigenvalue weighted by Gasteiger charge is -2.03. The highest BCUT2D eigenvalue weighted by atomic mass is 35.5. The van der Waals surface area contributed by atoms with Crippen LogP contribution in [-0.2, 0) is 7.05 Å². The van der Waals surface area contributed by atoms with Crippen LogP contribution in [0.1, 0.15) is 0 Å². The summed E-state index contributed by atoms with van der Waals surface area (Å²) in [6.45, 7) is 0. The smallest absolute Gasteiger partial charge is 0.158 e. The van der Waals surface area contributed by atoms with E-state index in [1.165, 1.54) is 12.1 Å². The van der Waals surface area contributed by atoms with Crippen LogP contribution in [-0.4, -0.2) is 19.5 Å². The van der Waals surface area contributed by atoms with Crippen molar-refractivity contribution in [3.05, 3.63) is 71.8 Å². The molecule has 0 radical (unpaired) electrons. The highest BCUT2D eigenvalue weighted by molar-refractivity contribution is 6.30. The molecule has 0 saturated heterocycles. The summed E-state index contributed by atoms with van der Waals surface area (Å²) in [5.41, 5.74) is 3.23. The van der Waals surface area contributed by atoms with Gasteiger partial charge in [-0.1, -0.05) is 11.6 Å². The van der Waals surface area contributed by atoms with Crippen molar-refractivity contribution in [2.75, 3.05) is 0 Å². The van der Waals surface area contributed by atoms with Gasteiger partial charge >= 0.3 is 0 Å². The number of rotatable bonds is 3. The number of halogens is 2. The zero-order chi connectivity index (χ0) is 17.4. The highest BCUT2D eigenvalue weighted by Gasteiger charge is 2.18. The van der Waals surface area contributed by atoms with E-state index in [4.69, 9.17) is 16.6 Å². The van der Waals surface area contributed by atoms with Gasteiger partial charge in [-0.15, -0.1) is 0 Å². The predicted octanol–water partition coefficient (Wildman–Crippen LogP) is 4.94. The number of aromatic amines is 1. The van der Waals surface area contributed by atoms with Gasteiger partial charge in [-0.3, -0.25) is 0 Å². The summed E-state index contributed by atoms with van der Waals surface area (Å²) in [5.74, 6) is 1.18. The van der Waals surface area contributed by atoms with E-state index in [1.54, 1.807) is 18.3 Å². The Labute approximate surface area is 149 Å². The van der Waals surface area contributed by atoms with Gasteiger partial charge in [0.05, 0.1) is 0 Å². The second-order valence-electron chi connectivity index (χ2n) is 5.68. The van der Waals surface area contributed by atoms with Crippen molar-refractivity contribution in [3.63, 3.8) is 0 Å². The molecule has 0 saturated carbocycles. The maximum atomic E-state index is 13.3. The fraction of sp³-hybridized carbons (Fsp3) is 0.0526. The Hall–Kier alpha value is -2.92. The predicted molar refractivity (Wildman–Crippen MR) is 96.6 cm³/mol. The molecule has 2 aromatic carbocycles. The molecule has 6 heteroatoms. The summed E-state index contributed by atoms with van der Waals surface area (Å²) in [7, 11) is 1.92. The molecular formula is C19H14ClFN4. The summed E-state index contributed by atoms with van der Waals surface area (Å²) in [6, 6.07) is 13.7. The number of hydrogen-bond acceptors (Lipinski definition) is 2. The van der Waals surface area contributed by atoms with E-state index in [1.807, 2.05) is 42.1 Å². The van der Waals surface area contributed by atoms with Gasteiger partial charge in [-0.2, -0.15) is 0 Å². The molecule has 0 unspecified atom stereocenters. The molecule has 4 rings (SSSR count). The van der Waals surface area contributed by atoms with Crippen molar-refractivity contribution >= 4 is 11.6 Å². The number of nitrogens with zero attached hydrogens (tertiary/aromatic N) is 3. The average molecular weight is 353 g/mol. The van der Waals surface area contributed by atoms with Crippen LogP contribution >= 0.6 is 11.6 Å². The van der Waals surface area contributed by atoms with E-state index < -0.39 is 0 Å². The van der Waals surface area contributed by atoms with E-state index in [9.17, 15) is 4.39 Å². The fourth-order valence-electron chi connectivity index (χ4n) is 2.70. The van der Waals surface area contributed by atoms with E-state index in [2.05, 4.69) is 9.97 Å². The molecule has 124 valence electrons. The fourth-order valence-corrected chi connectivity index (χ4v) is 2.83. The van der Waals surface area contributed by atoms with Gasteiger partial charge in [-0.05, 0) is 48.5 Å². The van der Waals surface area contributed by atoms with Gasteiger partial charge in [0.15, 0.2) is 5.82 Å². The van der Waals surface area contributed by atoms with E-state index in [0.717, 1.165) is 28.3 Å². The molecule has 0 aliphatic carbocycles. The Morgan fingerprint density at radius 1 is 1.00 bits per heavy atom. The molecule has 2 aromatic heterocycles. The van der Waals surface area contributed by atoms with Gasteiger partial charge in [0.25, 0.3) is 0 Å². The van der Waals surface area contributed by atoms with Crippen molar-refractivity contribution in [2.24, 2.45) is 7.05 Å². The van der Waals surface area contributed by atoms with Crippen LogP contribution in [0.15, 0.2) is 60.9 Å². The second-order valence-corrected chi connectivity index (χ2v) is 6.12. The molecule has 4 nitrogen and oxygen atoms in total. The molecular weight excluding hydrogens is 339 g/mol. The number of imidazole rings is 2. The molecule has 4 aromatic rings. The van der Waals surface area contributed by atoms with Crippen LogP contribution in [0.5, 0.6) is 0 Å². The van der Waals surface area contributed by atoms with Crippen LogP contribution in [0.25, 0.3) is 34.2 Å². The van der Waals surface area contributed by atoms with Gasteiger partial charge in [0.2, 0.25) is 0 Å². The molecule has 0 amide bonds. The summed E-state index contributed by atoms with van der Waals surface area (Å²) in [5, 5.41) is 0.665. The first-order valence-corrected chi connectivity index (χ1v) is 8.09. The van der Waals surface area contributed by atoms with Crippen molar-refractivity contribution in [1.82, 2.24) is 19.5 Å². The highest BCUT2D eigenvalue weighted by Crippen LogP contribution is 2.32. The molecule has 25 heavy (non-hydrogen) atoms. The van der Waals surface area contributed by atoms with Crippen LogP contribution < -0.4 is 0 Å². The Morgan fingerprint density at radius 2 is 1.68 bits per heavy atom. The Bertz CT molecular complexity index is 1020. The Morgan fingerprint density at radius 3 is 2.32 bits per heavy atom. The first-order chi connectivity index (χ1) is 12.1. The van der Waals surface area contributed by atoms with Gasteiger partial charge in [0.1, 0.15) is 23.0 Å². The topological polar surface area (TPSA) is 46.5 Å². The molecule has 0 aliphatic heterocycles. The zero-order valence-electron chi connectivity index (χ0n) is 13.4. The Kier molecular flexibility index (Phi) is 3.86. The minimum Gasteiger partial charge on any atom is -0.335 e. The molecule has 0 fully saturated rings. The van der Waals surface area contributed by atoms with E-state index in [-0.39, 0.29) is 5.82 Å². The van der Waals surface area contributed by atoms with Gasteiger partial charge in [-0.25, -0.2) is 14.4 Å². The minimum absolute atomic E-state index is 0.282. The first-order valence-electron chi connectivity index (χ1n) is 7.71. The SMILES string of the molecule is Cn1ccnc1-c1[nH]c(-c2ccc(Cl)cc2)nc1-c1ccc(F)cc1. The molecule has 0 atom stereocenters. The van der Waals surface area contributed by atoms with Crippen molar-refractivity contribution < 1.29 is 4.39 Å². The maximum Gasteiger partial charge on any atom is 0.158 e. The number of nitrogens with one attached hydrogen (secondary N) is 1. The van der Waals surface area contributed by atoms with Gasteiger partial charge < -0.3 is 9.55 Å². The molecule has 0 spiro atoms. The van der Waals surface area contributed by atoms with E-state index in [0.29, 0.717) is 10.8 Å². The number of aromatic nitrogens is 4. The zero-order valence-corrected chi connectivity index (χ0v) is 14.1. The number of H-pyrrole nitrogens is 1. The van der Waals surface area contributed by atoms with E-state index >= 15 is 0 Å². The number of benzene rings is 2. The van der Waals surface area contributed by atoms with Gasteiger partial charge in [0, 0.05) is 35.6 Å². The van der Waals surface area contributed by atoms with Crippen LogP contribution in [0.2, 0.25) is 5.02 Å². The quantitative estimate of drug-likeness (QED) is 0.568. The average Bonchev–Trinajstić information content (AvgIpc) is 3.22. The monoisotopic (exact) mass is 352 g/mol. The van der Waals surface area contributed by atoms with Crippen molar-refractivity contribution in [1.29, 1.82) is 0 Å². The molecule has 0 bridgehead atoms.